The van der Waals surface area contributed by atoms with Crippen molar-refractivity contribution in [3.05, 3.63) is 15.8 Å². The minimum atomic E-state index is -1.80. The van der Waals surface area contributed by atoms with Gasteiger partial charge in [-0.2, -0.15) is 0 Å². The van der Waals surface area contributed by atoms with Gasteiger partial charge in [-0.1, -0.05) is 20.8 Å². The summed E-state index contributed by atoms with van der Waals surface area (Å²) >= 11 is 0. The molecule has 0 aliphatic carbocycles. The molecule has 0 spiro atoms. The molecule has 1 fully saturated rings. The van der Waals surface area contributed by atoms with Crippen LogP contribution in [0.3, 0.4) is 0 Å². The molecule has 0 aromatic carbocycles. The molecule has 0 unspecified atom stereocenters. The number of hydrogen-bond donors (Lipinski definition) is 0. The van der Waals surface area contributed by atoms with Crippen molar-refractivity contribution in [3.8, 4) is 5.88 Å². The van der Waals surface area contributed by atoms with Crippen molar-refractivity contribution in [2.75, 3.05) is 13.2 Å². The Morgan fingerprint density at radius 1 is 1.24 bits per heavy atom. The van der Waals surface area contributed by atoms with E-state index in [0.29, 0.717) is 25.3 Å². The fourth-order valence-electron chi connectivity index (χ4n) is 3.49. The zero-order chi connectivity index (χ0) is 22.0. The molecule has 166 valence electrons. The van der Waals surface area contributed by atoms with Gasteiger partial charge in [-0.15, -0.1) is 5.10 Å². The summed E-state index contributed by atoms with van der Waals surface area (Å²) < 4.78 is 19.4. The molecular weight excluding hydrogens is 390 g/mol. The molecule has 2 rings (SSSR count). The molecular formula is C20H37N3O5Si. The summed E-state index contributed by atoms with van der Waals surface area (Å²) in [4.78, 5) is 11.2. The average molecular weight is 428 g/mol. The van der Waals surface area contributed by atoms with Crippen molar-refractivity contribution in [1.82, 2.24) is 9.78 Å². The molecule has 2 heterocycles. The van der Waals surface area contributed by atoms with Gasteiger partial charge in [0.2, 0.25) is 0 Å². The van der Waals surface area contributed by atoms with Gasteiger partial charge in [0.15, 0.2) is 8.32 Å². The van der Waals surface area contributed by atoms with Crippen LogP contribution in [-0.2, 0) is 9.16 Å². The van der Waals surface area contributed by atoms with Crippen molar-refractivity contribution in [3.63, 3.8) is 0 Å². The maximum Gasteiger partial charge on any atom is 0.352 e. The average Bonchev–Trinajstić information content (AvgIpc) is 2.89. The first-order valence-corrected chi connectivity index (χ1v) is 13.4. The normalized spacial score (nSPS) is 23.2. The molecule has 1 saturated heterocycles. The highest BCUT2D eigenvalue weighted by Crippen LogP contribution is 2.37. The first kappa shape index (κ1) is 23.8. The van der Waals surface area contributed by atoms with E-state index < -0.39 is 13.2 Å². The topological polar surface area (TPSA) is 88.7 Å². The zero-order valence-corrected chi connectivity index (χ0v) is 20.2. The van der Waals surface area contributed by atoms with E-state index >= 15 is 0 Å². The van der Waals surface area contributed by atoms with Gasteiger partial charge < -0.3 is 13.9 Å². The van der Waals surface area contributed by atoms with Gasteiger partial charge in [0, 0.05) is 13.0 Å². The van der Waals surface area contributed by atoms with Crippen LogP contribution in [0.4, 0.5) is 5.69 Å². The Bertz CT molecular complexity index is 704. The van der Waals surface area contributed by atoms with Crippen LogP contribution in [0.2, 0.25) is 18.1 Å². The highest BCUT2D eigenvalue weighted by molar-refractivity contribution is 6.74. The number of aromatic nitrogens is 2. The van der Waals surface area contributed by atoms with Crippen molar-refractivity contribution in [2.45, 2.75) is 97.2 Å². The van der Waals surface area contributed by atoms with Crippen molar-refractivity contribution < 1.29 is 18.8 Å². The Morgan fingerprint density at radius 3 is 2.34 bits per heavy atom. The maximum absolute atomic E-state index is 11.6. The molecule has 29 heavy (non-hydrogen) atoms. The summed E-state index contributed by atoms with van der Waals surface area (Å²) in [5.74, 6) is 0.103. The van der Waals surface area contributed by atoms with Crippen molar-refractivity contribution in [2.24, 2.45) is 0 Å². The molecule has 1 aliphatic heterocycles. The van der Waals surface area contributed by atoms with E-state index in [2.05, 4.69) is 39.0 Å². The van der Waals surface area contributed by atoms with E-state index in [1.807, 2.05) is 13.8 Å². The standard InChI is InChI=1S/C20H37N3O5Si/c1-14-12-17(13-15(2)28-14)22-16(3)18(23(24)25)19(21-22)26-10-9-11-27-29(7,8)20(4,5)6/h14-15,17H,9-13H2,1-8H3/t14-,15+,17+. The Morgan fingerprint density at radius 2 is 1.83 bits per heavy atom. The lowest BCUT2D eigenvalue weighted by Crippen LogP contribution is -2.41. The van der Waals surface area contributed by atoms with E-state index in [1.165, 1.54) is 0 Å². The fourth-order valence-corrected chi connectivity index (χ4v) is 4.58. The lowest BCUT2D eigenvalue weighted by molar-refractivity contribution is -0.386. The van der Waals surface area contributed by atoms with Crippen molar-refractivity contribution >= 4 is 14.0 Å². The summed E-state index contributed by atoms with van der Waals surface area (Å²) in [6, 6.07) is 0.0757. The van der Waals surface area contributed by atoms with Gasteiger partial charge >= 0.3 is 11.6 Å². The third-order valence-electron chi connectivity index (χ3n) is 6.09. The van der Waals surface area contributed by atoms with E-state index in [1.54, 1.807) is 11.6 Å². The minimum Gasteiger partial charge on any atom is -0.472 e. The third kappa shape index (κ3) is 5.79. The Hall–Kier alpha value is -1.45. The lowest BCUT2D eigenvalue weighted by Gasteiger charge is -2.36. The van der Waals surface area contributed by atoms with E-state index in [4.69, 9.17) is 13.9 Å². The molecule has 1 aromatic heterocycles. The highest BCUT2D eigenvalue weighted by atomic mass is 28.4. The van der Waals surface area contributed by atoms with Crippen LogP contribution in [0.25, 0.3) is 0 Å². The number of nitro groups is 1. The molecule has 0 N–H and O–H groups in total. The Kier molecular flexibility index (Phi) is 7.51. The number of nitrogens with zero attached hydrogens (tertiary/aromatic N) is 3. The van der Waals surface area contributed by atoms with Crippen LogP contribution in [0.15, 0.2) is 0 Å². The SMILES string of the molecule is Cc1c([N+](=O)[O-])c(OCCCO[Si](C)(C)C(C)(C)C)nn1[C@H]1C[C@@H](C)O[C@@H](C)C1. The molecule has 9 heteroatoms. The zero-order valence-electron chi connectivity index (χ0n) is 19.2. The van der Waals surface area contributed by atoms with Crippen LogP contribution < -0.4 is 4.74 Å². The fraction of sp³-hybridized carbons (Fsp3) is 0.850. The van der Waals surface area contributed by atoms with Gasteiger partial charge in [0.25, 0.3) is 0 Å². The summed E-state index contributed by atoms with van der Waals surface area (Å²) in [6.07, 6.45) is 2.43. The van der Waals surface area contributed by atoms with Crippen LogP contribution in [0, 0.1) is 17.0 Å². The molecule has 0 saturated carbocycles. The van der Waals surface area contributed by atoms with Crippen LogP contribution in [0.5, 0.6) is 5.88 Å². The van der Waals surface area contributed by atoms with Gasteiger partial charge in [-0.3, -0.25) is 14.8 Å². The molecule has 0 bridgehead atoms. The highest BCUT2D eigenvalue weighted by Gasteiger charge is 2.37. The molecule has 3 atom stereocenters. The monoisotopic (exact) mass is 427 g/mol. The maximum atomic E-state index is 11.6. The lowest BCUT2D eigenvalue weighted by atomic mass is 10.00. The van der Waals surface area contributed by atoms with Gasteiger partial charge in [-0.25, -0.2) is 0 Å². The van der Waals surface area contributed by atoms with E-state index in [-0.39, 0.29) is 34.9 Å². The second-order valence-corrected chi connectivity index (χ2v) is 14.4. The number of hydrogen-bond acceptors (Lipinski definition) is 6. The quantitative estimate of drug-likeness (QED) is 0.250. The van der Waals surface area contributed by atoms with Gasteiger partial charge in [0.1, 0.15) is 5.69 Å². The van der Waals surface area contributed by atoms with Crippen LogP contribution >= 0.6 is 0 Å². The largest absolute Gasteiger partial charge is 0.472 e. The molecule has 0 radical (unpaired) electrons. The first-order chi connectivity index (χ1) is 13.3. The second kappa shape index (κ2) is 9.14. The van der Waals surface area contributed by atoms with Crippen LogP contribution in [0.1, 0.15) is 65.6 Å². The Labute approximate surface area is 175 Å². The summed E-state index contributed by atoms with van der Waals surface area (Å²) in [6.45, 7) is 17.7. The number of rotatable bonds is 8. The smallest absolute Gasteiger partial charge is 0.352 e. The summed E-state index contributed by atoms with van der Waals surface area (Å²) in [5.41, 5.74) is 0.496. The van der Waals surface area contributed by atoms with Crippen molar-refractivity contribution in [1.29, 1.82) is 0 Å². The Balaban J connectivity index is 2.02. The van der Waals surface area contributed by atoms with E-state index in [0.717, 1.165) is 12.8 Å². The minimum absolute atomic E-state index is 0.0397. The van der Waals surface area contributed by atoms with Crippen LogP contribution in [-0.4, -0.2) is 48.4 Å². The molecule has 8 nitrogen and oxygen atoms in total. The molecule has 1 aliphatic rings. The van der Waals surface area contributed by atoms with Gasteiger partial charge in [-0.05, 0) is 51.7 Å². The predicted octanol–water partition coefficient (Wildman–Crippen LogP) is 5.02. The number of ether oxygens (including phenoxy) is 2. The predicted molar refractivity (Wildman–Crippen MR) is 115 cm³/mol. The molecule has 0 amide bonds. The molecule has 1 aromatic rings. The second-order valence-electron chi connectivity index (χ2n) is 9.63. The first-order valence-electron chi connectivity index (χ1n) is 10.5. The summed E-state index contributed by atoms with van der Waals surface area (Å²) in [7, 11) is -1.80. The third-order valence-corrected chi connectivity index (χ3v) is 10.6. The van der Waals surface area contributed by atoms with Gasteiger partial charge in [0.05, 0.1) is 29.8 Å². The summed E-state index contributed by atoms with van der Waals surface area (Å²) in [5, 5.41) is 16.3. The van der Waals surface area contributed by atoms with E-state index in [9.17, 15) is 10.1 Å².